The first-order valence-corrected chi connectivity index (χ1v) is 8.66. The number of nitrogens with zero attached hydrogens (tertiary/aromatic N) is 1. The molecule has 2 rings (SSSR count). The van der Waals surface area contributed by atoms with E-state index in [2.05, 4.69) is 5.16 Å². The Morgan fingerprint density at radius 3 is 2.38 bits per heavy atom. The van der Waals surface area contributed by atoms with Crippen LogP contribution in [-0.2, 0) is 21.0 Å². The summed E-state index contributed by atoms with van der Waals surface area (Å²) in [6.07, 6.45) is -5.32. The zero-order valence-electron chi connectivity index (χ0n) is 15.8. The summed E-state index contributed by atoms with van der Waals surface area (Å²) in [6.45, 7) is 3.17. The number of carboxylic acids is 1. The second-order valence-electron chi connectivity index (χ2n) is 6.12. The Labute approximate surface area is 166 Å². The van der Waals surface area contributed by atoms with Crippen molar-refractivity contribution in [3.05, 3.63) is 77.4 Å². The van der Waals surface area contributed by atoms with E-state index in [9.17, 15) is 23.1 Å². The number of halogens is 3. The first-order chi connectivity index (χ1) is 13.7. The number of hydrogen-bond acceptors (Lipinski definition) is 4. The Balaban J connectivity index is 2.11. The van der Waals surface area contributed by atoms with Crippen LogP contribution in [0, 0.1) is 0 Å². The molecule has 0 aliphatic carbocycles. The predicted molar refractivity (Wildman–Crippen MR) is 102 cm³/mol. The number of oxime groups is 1. The molecule has 2 aromatic rings. The van der Waals surface area contributed by atoms with Gasteiger partial charge in [0.1, 0.15) is 12.7 Å². The average Bonchev–Trinajstić information content (AvgIpc) is 2.68. The fraction of sp³-hybridized carbons (Fsp3) is 0.238. The van der Waals surface area contributed by atoms with Crippen LogP contribution in [0.4, 0.5) is 13.2 Å². The van der Waals surface area contributed by atoms with Crippen molar-refractivity contribution in [2.75, 3.05) is 0 Å². The molecule has 0 bridgehead atoms. The van der Waals surface area contributed by atoms with Crippen molar-refractivity contribution >= 4 is 17.4 Å². The zero-order valence-corrected chi connectivity index (χ0v) is 15.8. The van der Waals surface area contributed by atoms with Gasteiger partial charge in [0.15, 0.2) is 0 Å². The molecular formula is C21H20F3NO4. The van der Waals surface area contributed by atoms with E-state index in [1.54, 1.807) is 6.07 Å². The fourth-order valence-corrected chi connectivity index (χ4v) is 2.47. The van der Waals surface area contributed by atoms with Gasteiger partial charge in [-0.05, 0) is 23.6 Å². The number of alkyl halides is 3. The van der Waals surface area contributed by atoms with Crippen LogP contribution in [0.15, 0.2) is 65.8 Å². The van der Waals surface area contributed by atoms with Gasteiger partial charge < -0.3 is 14.7 Å². The molecule has 5 nitrogen and oxygen atoms in total. The molecule has 8 heteroatoms. The van der Waals surface area contributed by atoms with Crippen molar-refractivity contribution in [1.29, 1.82) is 0 Å². The maximum atomic E-state index is 12.7. The highest BCUT2D eigenvalue weighted by molar-refractivity contribution is 6.16. The number of carbonyl (C=O) groups is 1. The van der Waals surface area contributed by atoms with Gasteiger partial charge in [-0.1, -0.05) is 59.8 Å². The SMILES string of the molecule is C/C(=N\OC(C)c1ccccc1)OCc1ccccc1/C(=C\C(F)(F)F)C(=O)O. The molecule has 0 spiro atoms. The Hall–Kier alpha value is -3.29. The summed E-state index contributed by atoms with van der Waals surface area (Å²) in [5, 5.41) is 13.1. The lowest BCUT2D eigenvalue weighted by Crippen LogP contribution is -2.11. The molecule has 2 aromatic carbocycles. The van der Waals surface area contributed by atoms with E-state index in [0.717, 1.165) is 5.56 Å². The summed E-state index contributed by atoms with van der Waals surface area (Å²) in [5.74, 6) is -1.53. The molecule has 0 saturated carbocycles. The largest absolute Gasteiger partial charge is 0.478 e. The van der Waals surface area contributed by atoms with Crippen molar-refractivity contribution in [3.8, 4) is 0 Å². The third kappa shape index (κ3) is 6.99. The van der Waals surface area contributed by atoms with Crippen LogP contribution >= 0.6 is 0 Å². The van der Waals surface area contributed by atoms with Gasteiger partial charge in [-0.3, -0.25) is 0 Å². The van der Waals surface area contributed by atoms with E-state index in [1.807, 2.05) is 37.3 Å². The number of aliphatic carboxylic acids is 1. The Morgan fingerprint density at radius 1 is 1.14 bits per heavy atom. The van der Waals surface area contributed by atoms with Gasteiger partial charge in [-0.2, -0.15) is 13.2 Å². The summed E-state index contributed by atoms with van der Waals surface area (Å²) in [5.41, 5.74) is 0.248. The van der Waals surface area contributed by atoms with Crippen LogP contribution in [0.3, 0.4) is 0 Å². The summed E-state index contributed by atoms with van der Waals surface area (Å²) < 4.78 is 43.6. The van der Waals surface area contributed by atoms with Gasteiger partial charge in [0, 0.05) is 13.0 Å². The number of hydrogen-bond donors (Lipinski definition) is 1. The van der Waals surface area contributed by atoms with Crippen LogP contribution in [0.2, 0.25) is 0 Å². The molecule has 0 amide bonds. The monoisotopic (exact) mass is 407 g/mol. The van der Waals surface area contributed by atoms with Gasteiger partial charge in [0.05, 0.1) is 5.57 Å². The van der Waals surface area contributed by atoms with Crippen LogP contribution in [-0.4, -0.2) is 23.1 Å². The van der Waals surface area contributed by atoms with E-state index in [0.29, 0.717) is 0 Å². The number of allylic oxidation sites excluding steroid dienone is 1. The highest BCUT2D eigenvalue weighted by atomic mass is 19.4. The summed E-state index contributed by atoms with van der Waals surface area (Å²) in [7, 11) is 0. The highest BCUT2D eigenvalue weighted by Crippen LogP contribution is 2.27. The smallest absolute Gasteiger partial charge is 0.410 e. The quantitative estimate of drug-likeness (QED) is 0.291. The fourth-order valence-electron chi connectivity index (χ4n) is 2.47. The minimum Gasteiger partial charge on any atom is -0.478 e. The molecule has 0 aliphatic heterocycles. The van der Waals surface area contributed by atoms with Crippen molar-refractivity contribution in [2.24, 2.45) is 5.16 Å². The highest BCUT2D eigenvalue weighted by Gasteiger charge is 2.28. The van der Waals surface area contributed by atoms with Crippen molar-refractivity contribution < 1.29 is 32.6 Å². The molecule has 1 atom stereocenters. The third-order valence-electron chi connectivity index (χ3n) is 3.89. The topological polar surface area (TPSA) is 68.1 Å². The minimum absolute atomic E-state index is 0.0799. The van der Waals surface area contributed by atoms with Gasteiger partial charge >= 0.3 is 12.1 Å². The zero-order chi connectivity index (χ0) is 21.4. The lowest BCUT2D eigenvalue weighted by Gasteiger charge is -2.13. The average molecular weight is 407 g/mol. The molecule has 154 valence electrons. The number of benzene rings is 2. The summed E-state index contributed by atoms with van der Waals surface area (Å²) in [6, 6.07) is 15.2. The molecule has 0 heterocycles. The van der Waals surface area contributed by atoms with Crippen molar-refractivity contribution in [2.45, 2.75) is 32.7 Å². The van der Waals surface area contributed by atoms with Crippen LogP contribution in [0.1, 0.15) is 36.6 Å². The molecule has 1 N–H and O–H groups in total. The second kappa shape index (κ2) is 9.77. The van der Waals surface area contributed by atoms with E-state index >= 15 is 0 Å². The number of rotatable bonds is 7. The minimum atomic E-state index is -4.76. The first-order valence-electron chi connectivity index (χ1n) is 8.66. The lowest BCUT2D eigenvalue weighted by molar-refractivity contribution is -0.131. The Morgan fingerprint density at radius 2 is 1.76 bits per heavy atom. The number of carboxylic acid groups (broad SMARTS) is 1. The lowest BCUT2D eigenvalue weighted by atomic mass is 9.99. The van der Waals surface area contributed by atoms with Crippen LogP contribution in [0.5, 0.6) is 0 Å². The first kappa shape index (κ1) is 22.0. The Kier molecular flexibility index (Phi) is 7.41. The van der Waals surface area contributed by atoms with Crippen LogP contribution in [0.25, 0.3) is 5.57 Å². The van der Waals surface area contributed by atoms with E-state index < -0.39 is 17.7 Å². The third-order valence-corrected chi connectivity index (χ3v) is 3.89. The molecule has 0 aromatic heterocycles. The molecule has 0 radical (unpaired) electrons. The van der Waals surface area contributed by atoms with Gasteiger partial charge in [0.25, 0.3) is 0 Å². The van der Waals surface area contributed by atoms with Crippen LogP contribution < -0.4 is 0 Å². The van der Waals surface area contributed by atoms with Gasteiger partial charge in [-0.25, -0.2) is 4.79 Å². The molecular weight excluding hydrogens is 387 g/mol. The predicted octanol–water partition coefficient (Wildman–Crippen LogP) is 5.34. The van der Waals surface area contributed by atoms with Crippen molar-refractivity contribution in [3.63, 3.8) is 0 Å². The van der Waals surface area contributed by atoms with E-state index in [1.165, 1.54) is 25.1 Å². The maximum Gasteiger partial charge on any atom is 0.410 e. The van der Waals surface area contributed by atoms with Gasteiger partial charge in [0.2, 0.25) is 5.90 Å². The normalized spacial score (nSPS) is 13.7. The second-order valence-corrected chi connectivity index (χ2v) is 6.12. The molecule has 0 fully saturated rings. The Bertz CT molecular complexity index is 892. The summed E-state index contributed by atoms with van der Waals surface area (Å²) >= 11 is 0. The number of ether oxygens (including phenoxy) is 1. The molecule has 1 unspecified atom stereocenters. The molecule has 0 aliphatic rings. The molecule has 0 saturated heterocycles. The van der Waals surface area contributed by atoms with E-state index in [-0.39, 0.29) is 35.8 Å². The standard InChI is InChI=1S/C21H20F3NO4/c1-14(16-8-4-3-5-9-16)29-25-15(2)28-13-17-10-6-7-11-18(17)19(20(26)27)12-21(22,23)24/h3-12,14H,13H2,1-2H3,(H,26,27)/b19-12+,25-15+. The molecule has 29 heavy (non-hydrogen) atoms. The van der Waals surface area contributed by atoms with E-state index in [4.69, 9.17) is 9.57 Å². The van der Waals surface area contributed by atoms with Gasteiger partial charge in [-0.15, -0.1) is 0 Å². The van der Waals surface area contributed by atoms with Crippen molar-refractivity contribution in [1.82, 2.24) is 0 Å². The maximum absolute atomic E-state index is 12.7. The summed E-state index contributed by atoms with van der Waals surface area (Å²) in [4.78, 5) is 16.7.